The fourth-order valence-electron chi connectivity index (χ4n) is 3.11. The van der Waals surface area contributed by atoms with Crippen LogP contribution in [0.25, 0.3) is 11.3 Å². The molecule has 0 unspecified atom stereocenters. The lowest BCUT2D eigenvalue weighted by atomic mass is 10.1. The van der Waals surface area contributed by atoms with Gasteiger partial charge in [-0.3, -0.25) is 4.79 Å². The number of rotatable bonds is 0. The molecule has 4 rings (SSSR count). The molecule has 2 heterocycles. The van der Waals surface area contributed by atoms with Crippen LogP contribution < -0.4 is 10.6 Å². The summed E-state index contributed by atoms with van der Waals surface area (Å²) in [5.74, 6) is 0.530. The molecule has 6 bridgehead atoms. The summed E-state index contributed by atoms with van der Waals surface area (Å²) >= 11 is 0. The monoisotopic (exact) mass is 374 g/mol. The molecule has 2 aromatic carbocycles. The topological polar surface area (TPSA) is 76.1 Å². The summed E-state index contributed by atoms with van der Waals surface area (Å²) in [5.41, 5.74) is 4.47. The van der Waals surface area contributed by atoms with Gasteiger partial charge in [-0.15, -0.1) is 0 Å². The molecular weight excluding hydrogens is 352 g/mol. The first kappa shape index (κ1) is 18.1. The number of benzene rings is 2. The Bertz CT molecular complexity index is 974. The summed E-state index contributed by atoms with van der Waals surface area (Å²) in [6.45, 7) is 1.17. The van der Waals surface area contributed by atoms with E-state index in [0.29, 0.717) is 25.6 Å². The van der Waals surface area contributed by atoms with Gasteiger partial charge in [0.25, 0.3) is 0 Å². The number of nitrogens with zero attached hydrogens (tertiary/aromatic N) is 2. The van der Waals surface area contributed by atoms with Crippen molar-refractivity contribution in [3.63, 3.8) is 0 Å². The highest BCUT2D eigenvalue weighted by molar-refractivity contribution is 5.91. The highest BCUT2D eigenvalue weighted by atomic mass is 16.5. The molecule has 28 heavy (non-hydrogen) atoms. The molecule has 142 valence electrons. The molecule has 1 aromatic heterocycles. The van der Waals surface area contributed by atoms with E-state index in [9.17, 15) is 4.79 Å². The molecule has 0 saturated heterocycles. The lowest BCUT2D eigenvalue weighted by molar-refractivity contribution is -0.116. The van der Waals surface area contributed by atoms with E-state index in [1.54, 1.807) is 6.20 Å². The highest BCUT2D eigenvalue weighted by Crippen LogP contribution is 2.23. The molecule has 0 saturated carbocycles. The molecule has 1 aliphatic heterocycles. The standard InChI is InChI=1S/C22H22N4O2/c27-21-9-1-2-12-28-15-16-5-3-7-18(13-16)25-22-23-11-10-20(26-22)17-6-4-8-19(14-17)24-21/h3-8,10-11,13-14H,1-2,9,12,15H2,(H,24,27)(H,23,25,26). The van der Waals surface area contributed by atoms with Crippen molar-refractivity contribution < 1.29 is 9.53 Å². The Balaban J connectivity index is 1.66. The molecule has 1 aliphatic rings. The predicted molar refractivity (Wildman–Crippen MR) is 109 cm³/mol. The number of hydrogen-bond donors (Lipinski definition) is 2. The quantitative estimate of drug-likeness (QED) is 0.605. The Morgan fingerprint density at radius 1 is 0.929 bits per heavy atom. The summed E-state index contributed by atoms with van der Waals surface area (Å²) in [4.78, 5) is 21.1. The number of carbonyl (C=O) groups excluding carboxylic acids is 1. The summed E-state index contributed by atoms with van der Waals surface area (Å²) < 4.78 is 5.74. The molecule has 2 N–H and O–H groups in total. The van der Waals surface area contributed by atoms with E-state index in [1.165, 1.54) is 0 Å². The average Bonchev–Trinajstić information content (AvgIpc) is 2.71. The van der Waals surface area contributed by atoms with Crippen LogP contribution >= 0.6 is 0 Å². The second-order valence-electron chi connectivity index (χ2n) is 6.73. The maximum Gasteiger partial charge on any atom is 0.227 e. The van der Waals surface area contributed by atoms with Crippen LogP contribution in [0.2, 0.25) is 0 Å². The third-order valence-electron chi connectivity index (χ3n) is 4.49. The largest absolute Gasteiger partial charge is 0.377 e. The van der Waals surface area contributed by atoms with Crippen LogP contribution in [0.15, 0.2) is 60.8 Å². The second kappa shape index (κ2) is 8.63. The SMILES string of the molecule is O=C1CCCCOCc2cccc(c2)Nc2nccc(n2)-c2cccc(c2)N1. The number of nitrogens with one attached hydrogen (secondary N) is 2. The number of carbonyl (C=O) groups is 1. The summed E-state index contributed by atoms with van der Waals surface area (Å²) in [7, 11) is 0. The Kier molecular flexibility index (Phi) is 5.58. The number of fused-ring (bicyclic) bond motifs is 7. The molecule has 0 atom stereocenters. The van der Waals surface area contributed by atoms with Gasteiger partial charge in [-0.1, -0.05) is 24.3 Å². The minimum absolute atomic E-state index is 0.0102. The molecule has 1 amide bonds. The molecule has 6 nitrogen and oxygen atoms in total. The van der Waals surface area contributed by atoms with Gasteiger partial charge in [0.05, 0.1) is 12.3 Å². The third kappa shape index (κ3) is 4.72. The van der Waals surface area contributed by atoms with Gasteiger partial charge in [0.1, 0.15) is 0 Å². The van der Waals surface area contributed by atoms with Crippen molar-refractivity contribution in [1.82, 2.24) is 9.97 Å². The normalized spacial score (nSPS) is 14.9. The Morgan fingerprint density at radius 3 is 2.71 bits per heavy atom. The number of anilines is 3. The number of hydrogen-bond acceptors (Lipinski definition) is 5. The highest BCUT2D eigenvalue weighted by Gasteiger charge is 2.07. The zero-order valence-corrected chi connectivity index (χ0v) is 15.5. The number of ether oxygens (including phenoxy) is 1. The smallest absolute Gasteiger partial charge is 0.227 e. The van der Waals surface area contributed by atoms with Crippen molar-refractivity contribution >= 4 is 23.2 Å². The molecule has 0 fully saturated rings. The molecule has 0 spiro atoms. The van der Waals surface area contributed by atoms with Crippen LogP contribution in [0, 0.1) is 0 Å². The summed E-state index contributed by atoms with van der Waals surface area (Å²) in [5, 5.41) is 6.22. The average molecular weight is 374 g/mol. The van der Waals surface area contributed by atoms with Gasteiger partial charge in [0.15, 0.2) is 0 Å². The van der Waals surface area contributed by atoms with Crippen molar-refractivity contribution in [3.05, 3.63) is 66.4 Å². The Hall–Kier alpha value is -3.25. The molecule has 6 heteroatoms. The fourth-order valence-corrected chi connectivity index (χ4v) is 3.11. The van der Waals surface area contributed by atoms with Gasteiger partial charge < -0.3 is 15.4 Å². The molecular formula is C22H22N4O2. The van der Waals surface area contributed by atoms with Gasteiger partial charge in [0, 0.05) is 36.2 Å². The van der Waals surface area contributed by atoms with Crippen LogP contribution in [-0.4, -0.2) is 22.5 Å². The van der Waals surface area contributed by atoms with E-state index in [1.807, 2.05) is 54.6 Å². The maximum absolute atomic E-state index is 12.2. The molecule has 0 aliphatic carbocycles. The van der Waals surface area contributed by atoms with Crippen molar-refractivity contribution in [2.45, 2.75) is 25.9 Å². The molecule has 3 aromatic rings. The van der Waals surface area contributed by atoms with Gasteiger partial charge in [0.2, 0.25) is 11.9 Å². The van der Waals surface area contributed by atoms with Gasteiger partial charge in [-0.05, 0) is 48.7 Å². The van der Waals surface area contributed by atoms with Crippen molar-refractivity contribution in [2.75, 3.05) is 17.2 Å². The van der Waals surface area contributed by atoms with Crippen molar-refractivity contribution in [1.29, 1.82) is 0 Å². The second-order valence-corrected chi connectivity index (χ2v) is 6.73. The van der Waals surface area contributed by atoms with E-state index < -0.39 is 0 Å². The van der Waals surface area contributed by atoms with Crippen molar-refractivity contribution in [2.24, 2.45) is 0 Å². The van der Waals surface area contributed by atoms with E-state index >= 15 is 0 Å². The third-order valence-corrected chi connectivity index (χ3v) is 4.49. The minimum Gasteiger partial charge on any atom is -0.377 e. The number of amides is 1. The maximum atomic E-state index is 12.2. The summed E-state index contributed by atoms with van der Waals surface area (Å²) in [6.07, 6.45) is 3.85. The van der Waals surface area contributed by atoms with E-state index in [4.69, 9.17) is 4.74 Å². The lowest BCUT2D eigenvalue weighted by Crippen LogP contribution is -2.11. The zero-order valence-electron chi connectivity index (χ0n) is 15.5. The minimum atomic E-state index is 0.0102. The van der Waals surface area contributed by atoms with E-state index in [0.717, 1.165) is 41.0 Å². The van der Waals surface area contributed by atoms with Crippen LogP contribution in [-0.2, 0) is 16.1 Å². The van der Waals surface area contributed by atoms with E-state index in [2.05, 4.69) is 20.6 Å². The Labute approximate surface area is 164 Å². The zero-order chi connectivity index (χ0) is 19.2. The first-order chi connectivity index (χ1) is 13.8. The molecule has 0 radical (unpaired) electrons. The predicted octanol–water partition coefficient (Wildman–Crippen LogP) is 4.53. The van der Waals surface area contributed by atoms with Gasteiger partial charge in [-0.2, -0.15) is 0 Å². The van der Waals surface area contributed by atoms with E-state index in [-0.39, 0.29) is 5.91 Å². The first-order valence-corrected chi connectivity index (χ1v) is 9.43. The fraction of sp³-hybridized carbons (Fsp3) is 0.227. The lowest BCUT2D eigenvalue weighted by Gasteiger charge is -2.11. The van der Waals surface area contributed by atoms with Crippen LogP contribution in [0.5, 0.6) is 0 Å². The first-order valence-electron chi connectivity index (χ1n) is 9.43. The number of aromatic nitrogens is 2. The van der Waals surface area contributed by atoms with Crippen molar-refractivity contribution in [3.8, 4) is 11.3 Å². The van der Waals surface area contributed by atoms with Crippen LogP contribution in [0.4, 0.5) is 17.3 Å². The van der Waals surface area contributed by atoms with Crippen LogP contribution in [0.1, 0.15) is 24.8 Å². The van der Waals surface area contributed by atoms with Crippen LogP contribution in [0.3, 0.4) is 0 Å². The van der Waals surface area contributed by atoms with Gasteiger partial charge >= 0.3 is 0 Å². The summed E-state index contributed by atoms with van der Waals surface area (Å²) in [6, 6.07) is 17.6. The Morgan fingerprint density at radius 2 is 1.79 bits per heavy atom. The van der Waals surface area contributed by atoms with Gasteiger partial charge in [-0.25, -0.2) is 9.97 Å².